The molecule has 174 valence electrons. The fourth-order valence-corrected chi connectivity index (χ4v) is 4.71. The highest BCUT2D eigenvalue weighted by Crippen LogP contribution is 2.38. The van der Waals surface area contributed by atoms with Gasteiger partial charge in [0.1, 0.15) is 5.75 Å². The first-order valence-electron chi connectivity index (χ1n) is 11.5. The number of amides is 2. The molecule has 0 bridgehead atoms. The molecule has 1 saturated carbocycles. The average molecular weight is 453 g/mol. The number of methoxy groups -OCH3 is 1. The zero-order chi connectivity index (χ0) is 23.1. The SMILES string of the molecule is CCOC(=O)c1nn(CC2CC2)c2c1CN(C(=O)CC1C(=O)Nc3cc(OC)ccc31)CC2. The summed E-state index contributed by atoms with van der Waals surface area (Å²) in [6.07, 6.45) is 3.08. The molecule has 1 aromatic heterocycles. The van der Waals surface area contributed by atoms with Crippen LogP contribution in [0.4, 0.5) is 5.69 Å². The Kier molecular flexibility index (Phi) is 5.55. The lowest BCUT2D eigenvalue weighted by molar-refractivity contribution is -0.134. The Morgan fingerprint density at radius 2 is 2.09 bits per heavy atom. The summed E-state index contributed by atoms with van der Waals surface area (Å²) in [6, 6.07) is 5.40. The van der Waals surface area contributed by atoms with Crippen molar-refractivity contribution in [2.75, 3.05) is 25.6 Å². The van der Waals surface area contributed by atoms with E-state index in [0.717, 1.165) is 23.4 Å². The van der Waals surface area contributed by atoms with Crippen LogP contribution in [0.3, 0.4) is 0 Å². The van der Waals surface area contributed by atoms with Gasteiger partial charge in [-0.25, -0.2) is 4.79 Å². The number of nitrogens with one attached hydrogen (secondary N) is 1. The van der Waals surface area contributed by atoms with E-state index in [1.807, 2.05) is 10.7 Å². The van der Waals surface area contributed by atoms with Gasteiger partial charge in [-0.3, -0.25) is 14.3 Å². The number of hydrogen-bond acceptors (Lipinski definition) is 6. The number of benzene rings is 1. The Balaban J connectivity index is 1.35. The van der Waals surface area contributed by atoms with Crippen molar-refractivity contribution in [3.63, 3.8) is 0 Å². The molecule has 2 amide bonds. The molecule has 2 aromatic rings. The highest BCUT2D eigenvalue weighted by atomic mass is 16.5. The number of aromatic nitrogens is 2. The molecule has 3 aliphatic rings. The molecular formula is C24H28N4O5. The lowest BCUT2D eigenvalue weighted by Crippen LogP contribution is -2.38. The highest BCUT2D eigenvalue weighted by molar-refractivity contribution is 6.05. The van der Waals surface area contributed by atoms with Crippen molar-refractivity contribution in [3.05, 3.63) is 40.7 Å². The minimum atomic E-state index is -0.540. The molecule has 3 heterocycles. The number of rotatable bonds is 7. The number of ether oxygens (including phenoxy) is 2. The standard InChI is InChI=1S/C24H28N4O5/c1-3-33-24(31)22-18-13-27(9-8-20(18)28(26-22)12-14-4-5-14)21(29)11-17-16-7-6-15(32-2)10-19(16)25-23(17)30/h6-7,10,14,17H,3-5,8-9,11-13H2,1-2H3,(H,25,30). The average Bonchev–Trinajstić information content (AvgIpc) is 3.48. The van der Waals surface area contributed by atoms with Crippen LogP contribution in [0.25, 0.3) is 0 Å². The minimum Gasteiger partial charge on any atom is -0.497 e. The molecule has 9 nitrogen and oxygen atoms in total. The number of esters is 1. The van der Waals surface area contributed by atoms with Gasteiger partial charge in [0.15, 0.2) is 5.69 Å². The van der Waals surface area contributed by atoms with Gasteiger partial charge >= 0.3 is 5.97 Å². The Hall–Kier alpha value is -3.36. The summed E-state index contributed by atoms with van der Waals surface area (Å²) in [5, 5.41) is 7.42. The Bertz CT molecular complexity index is 1120. The third kappa shape index (κ3) is 4.07. The van der Waals surface area contributed by atoms with Crippen LogP contribution < -0.4 is 10.1 Å². The molecule has 0 radical (unpaired) electrons. The van der Waals surface area contributed by atoms with Crippen LogP contribution in [0.2, 0.25) is 0 Å². The molecule has 5 rings (SSSR count). The van der Waals surface area contributed by atoms with Gasteiger partial charge in [-0.15, -0.1) is 0 Å². The van der Waals surface area contributed by atoms with E-state index in [-0.39, 0.29) is 24.8 Å². The second-order valence-corrected chi connectivity index (χ2v) is 8.88. The lowest BCUT2D eigenvalue weighted by atomic mass is 9.95. The van der Waals surface area contributed by atoms with Crippen LogP contribution in [-0.4, -0.2) is 52.7 Å². The highest BCUT2D eigenvalue weighted by Gasteiger charge is 2.36. The number of carbonyl (C=O) groups is 3. The number of anilines is 1. The van der Waals surface area contributed by atoms with E-state index in [1.165, 1.54) is 12.8 Å². The third-order valence-electron chi connectivity index (χ3n) is 6.67. The molecule has 1 fully saturated rings. The smallest absolute Gasteiger partial charge is 0.359 e. The predicted molar refractivity (Wildman–Crippen MR) is 119 cm³/mol. The monoisotopic (exact) mass is 452 g/mol. The number of carbonyl (C=O) groups excluding carboxylic acids is 3. The van der Waals surface area contributed by atoms with Gasteiger partial charge in [0.05, 0.1) is 19.6 Å². The molecule has 2 aliphatic heterocycles. The quantitative estimate of drug-likeness (QED) is 0.648. The molecule has 1 unspecified atom stereocenters. The van der Waals surface area contributed by atoms with Crippen molar-refractivity contribution in [2.45, 2.75) is 51.6 Å². The third-order valence-corrected chi connectivity index (χ3v) is 6.67. The lowest BCUT2D eigenvalue weighted by Gasteiger charge is -2.28. The van der Waals surface area contributed by atoms with Crippen molar-refractivity contribution < 1.29 is 23.9 Å². The first kappa shape index (κ1) is 21.5. The van der Waals surface area contributed by atoms with E-state index >= 15 is 0 Å². The van der Waals surface area contributed by atoms with Crippen LogP contribution in [-0.2, 0) is 33.8 Å². The molecule has 1 N–H and O–H groups in total. The molecule has 1 aliphatic carbocycles. The van der Waals surface area contributed by atoms with Gasteiger partial charge in [-0.05, 0) is 37.3 Å². The van der Waals surface area contributed by atoms with Crippen LogP contribution >= 0.6 is 0 Å². The molecule has 9 heteroatoms. The number of hydrogen-bond donors (Lipinski definition) is 1. The maximum atomic E-state index is 13.2. The Labute approximate surface area is 192 Å². The van der Waals surface area contributed by atoms with Crippen LogP contribution in [0.5, 0.6) is 5.75 Å². The summed E-state index contributed by atoms with van der Waals surface area (Å²) < 4.78 is 12.4. The topological polar surface area (TPSA) is 103 Å². The van der Waals surface area contributed by atoms with Gasteiger partial charge in [0, 0.05) is 55.5 Å². The summed E-state index contributed by atoms with van der Waals surface area (Å²) >= 11 is 0. The van der Waals surface area contributed by atoms with E-state index in [1.54, 1.807) is 31.1 Å². The van der Waals surface area contributed by atoms with Crippen LogP contribution in [0.1, 0.15) is 59.4 Å². The largest absolute Gasteiger partial charge is 0.497 e. The molecule has 33 heavy (non-hydrogen) atoms. The van der Waals surface area contributed by atoms with Gasteiger partial charge in [0.2, 0.25) is 11.8 Å². The number of nitrogens with zero attached hydrogens (tertiary/aromatic N) is 3. The van der Waals surface area contributed by atoms with Gasteiger partial charge in [-0.1, -0.05) is 6.07 Å². The summed E-state index contributed by atoms with van der Waals surface area (Å²) in [6.45, 7) is 3.68. The number of fused-ring (bicyclic) bond motifs is 2. The van der Waals surface area contributed by atoms with Gasteiger partial charge in [0.25, 0.3) is 0 Å². The molecule has 1 aromatic carbocycles. The van der Waals surface area contributed by atoms with Crippen molar-refractivity contribution in [1.29, 1.82) is 0 Å². The van der Waals surface area contributed by atoms with Crippen molar-refractivity contribution in [2.24, 2.45) is 5.92 Å². The fraction of sp³-hybridized carbons (Fsp3) is 0.500. The van der Waals surface area contributed by atoms with E-state index in [9.17, 15) is 14.4 Å². The fourth-order valence-electron chi connectivity index (χ4n) is 4.71. The second-order valence-electron chi connectivity index (χ2n) is 8.88. The van der Waals surface area contributed by atoms with Gasteiger partial charge in [-0.2, -0.15) is 5.10 Å². The maximum absolute atomic E-state index is 13.2. The van der Waals surface area contributed by atoms with Gasteiger partial charge < -0.3 is 19.7 Å². The van der Waals surface area contributed by atoms with Crippen LogP contribution in [0.15, 0.2) is 18.2 Å². The second kappa shape index (κ2) is 8.53. The first-order chi connectivity index (χ1) is 16.0. The minimum absolute atomic E-state index is 0.0748. The summed E-state index contributed by atoms with van der Waals surface area (Å²) in [4.78, 5) is 40.1. The van der Waals surface area contributed by atoms with Crippen molar-refractivity contribution in [3.8, 4) is 5.75 Å². The van der Waals surface area contributed by atoms with Crippen LogP contribution in [0, 0.1) is 5.92 Å². The first-order valence-corrected chi connectivity index (χ1v) is 11.5. The molecular weight excluding hydrogens is 424 g/mol. The van der Waals surface area contributed by atoms with E-state index in [2.05, 4.69) is 10.4 Å². The zero-order valence-corrected chi connectivity index (χ0v) is 18.9. The molecule has 1 atom stereocenters. The summed E-state index contributed by atoms with van der Waals surface area (Å²) in [5.41, 5.74) is 3.58. The summed E-state index contributed by atoms with van der Waals surface area (Å²) in [7, 11) is 1.57. The van der Waals surface area contributed by atoms with E-state index in [0.29, 0.717) is 42.6 Å². The zero-order valence-electron chi connectivity index (χ0n) is 18.9. The molecule has 0 spiro atoms. The maximum Gasteiger partial charge on any atom is 0.359 e. The van der Waals surface area contributed by atoms with Crippen molar-refractivity contribution in [1.82, 2.24) is 14.7 Å². The molecule has 0 saturated heterocycles. The van der Waals surface area contributed by atoms with E-state index in [4.69, 9.17) is 9.47 Å². The Morgan fingerprint density at radius 1 is 1.27 bits per heavy atom. The normalized spacial score (nSPS) is 19.0. The predicted octanol–water partition coefficient (Wildman–Crippen LogP) is 2.49. The van der Waals surface area contributed by atoms with E-state index < -0.39 is 11.9 Å². The Morgan fingerprint density at radius 3 is 2.82 bits per heavy atom. The van der Waals surface area contributed by atoms with Crippen molar-refractivity contribution >= 4 is 23.5 Å². The summed E-state index contributed by atoms with van der Waals surface area (Å²) in [5.74, 6) is -0.0249.